The molecular weight excluding hydrogens is 266 g/mol. The minimum atomic E-state index is -0.893. The van der Waals surface area contributed by atoms with E-state index in [1.807, 2.05) is 6.92 Å². The minimum absolute atomic E-state index is 0.237. The molecular formula is C14H16ClNO3. The number of hydrogen-bond donors (Lipinski definition) is 2. The fourth-order valence-electron chi connectivity index (χ4n) is 2.66. The molecule has 1 aliphatic rings. The van der Waals surface area contributed by atoms with E-state index in [0.717, 1.165) is 0 Å². The Morgan fingerprint density at radius 3 is 2.63 bits per heavy atom. The fourth-order valence-corrected chi connectivity index (χ4v) is 2.85. The molecule has 3 atom stereocenters. The van der Waals surface area contributed by atoms with Gasteiger partial charge in [0.05, 0.1) is 11.8 Å². The Hall–Kier alpha value is -1.55. The van der Waals surface area contributed by atoms with Gasteiger partial charge in [-0.3, -0.25) is 9.59 Å². The van der Waals surface area contributed by atoms with Gasteiger partial charge in [0.15, 0.2) is 0 Å². The molecule has 1 fully saturated rings. The molecule has 0 aliphatic heterocycles. The number of amides is 1. The first kappa shape index (κ1) is 13.9. The molecule has 0 bridgehead atoms. The van der Waals surface area contributed by atoms with Gasteiger partial charge in [-0.05, 0) is 37.0 Å². The maximum absolute atomic E-state index is 12.2. The van der Waals surface area contributed by atoms with Crippen molar-refractivity contribution in [3.8, 4) is 0 Å². The molecule has 19 heavy (non-hydrogen) atoms. The van der Waals surface area contributed by atoms with Gasteiger partial charge in [0, 0.05) is 10.7 Å². The number of rotatable bonds is 3. The lowest BCUT2D eigenvalue weighted by atomic mass is 9.95. The van der Waals surface area contributed by atoms with Crippen LogP contribution in [-0.2, 0) is 9.59 Å². The molecule has 0 radical (unpaired) electrons. The zero-order valence-electron chi connectivity index (χ0n) is 10.6. The maximum Gasteiger partial charge on any atom is 0.307 e. The van der Waals surface area contributed by atoms with Gasteiger partial charge < -0.3 is 10.4 Å². The Bertz CT molecular complexity index is 503. The van der Waals surface area contributed by atoms with Crippen molar-refractivity contribution < 1.29 is 14.7 Å². The molecule has 0 saturated heterocycles. The molecule has 1 saturated carbocycles. The molecule has 4 nitrogen and oxygen atoms in total. The van der Waals surface area contributed by atoms with Crippen LogP contribution in [0, 0.1) is 17.8 Å². The van der Waals surface area contributed by atoms with Crippen LogP contribution in [0.5, 0.6) is 0 Å². The van der Waals surface area contributed by atoms with Crippen LogP contribution in [0.15, 0.2) is 24.3 Å². The van der Waals surface area contributed by atoms with E-state index in [4.69, 9.17) is 16.7 Å². The average Bonchev–Trinajstić information content (AvgIpc) is 2.71. The second-order valence-electron chi connectivity index (χ2n) is 5.13. The van der Waals surface area contributed by atoms with Crippen LogP contribution < -0.4 is 5.32 Å². The second-order valence-corrected chi connectivity index (χ2v) is 5.56. The van der Waals surface area contributed by atoms with E-state index in [1.165, 1.54) is 0 Å². The van der Waals surface area contributed by atoms with Crippen LogP contribution in [-0.4, -0.2) is 17.0 Å². The molecule has 1 aromatic rings. The van der Waals surface area contributed by atoms with Crippen LogP contribution in [0.3, 0.4) is 0 Å². The Labute approximate surface area is 116 Å². The number of anilines is 1. The summed E-state index contributed by atoms with van der Waals surface area (Å²) in [6.07, 6.45) is 1.17. The topological polar surface area (TPSA) is 66.4 Å². The van der Waals surface area contributed by atoms with Crippen molar-refractivity contribution in [1.82, 2.24) is 0 Å². The number of benzene rings is 1. The first-order chi connectivity index (χ1) is 8.97. The van der Waals surface area contributed by atoms with Crippen LogP contribution in [0.1, 0.15) is 19.8 Å². The smallest absolute Gasteiger partial charge is 0.307 e. The molecule has 2 N–H and O–H groups in total. The number of carbonyl (C=O) groups excluding carboxylic acids is 1. The van der Waals surface area contributed by atoms with E-state index in [2.05, 4.69) is 5.32 Å². The molecule has 102 valence electrons. The van der Waals surface area contributed by atoms with Gasteiger partial charge >= 0.3 is 5.97 Å². The second kappa shape index (κ2) is 5.61. The number of hydrogen-bond acceptors (Lipinski definition) is 2. The van der Waals surface area contributed by atoms with Gasteiger partial charge in [0.2, 0.25) is 5.91 Å². The van der Waals surface area contributed by atoms with E-state index < -0.39 is 17.8 Å². The summed E-state index contributed by atoms with van der Waals surface area (Å²) in [5.41, 5.74) is 0.598. The highest BCUT2D eigenvalue weighted by Crippen LogP contribution is 2.37. The monoisotopic (exact) mass is 281 g/mol. The van der Waals surface area contributed by atoms with E-state index >= 15 is 0 Å². The summed E-state index contributed by atoms with van der Waals surface area (Å²) in [6.45, 7) is 1.97. The summed E-state index contributed by atoms with van der Waals surface area (Å²) >= 11 is 5.84. The summed E-state index contributed by atoms with van der Waals surface area (Å²) in [5.74, 6) is -1.92. The number of carboxylic acid groups (broad SMARTS) is 1. The lowest BCUT2D eigenvalue weighted by molar-refractivity contribution is -0.145. The Balaban J connectivity index is 2.09. The largest absolute Gasteiger partial charge is 0.481 e. The summed E-state index contributed by atoms with van der Waals surface area (Å²) in [6, 6.07) is 6.84. The predicted molar refractivity (Wildman–Crippen MR) is 73.1 cm³/mol. The van der Waals surface area contributed by atoms with Crippen molar-refractivity contribution in [3.05, 3.63) is 29.3 Å². The van der Waals surface area contributed by atoms with Gasteiger partial charge in [-0.25, -0.2) is 0 Å². The Morgan fingerprint density at radius 1 is 1.32 bits per heavy atom. The van der Waals surface area contributed by atoms with Crippen LogP contribution in [0.25, 0.3) is 0 Å². The third kappa shape index (κ3) is 3.26. The number of carboxylic acids is 1. The highest BCUT2D eigenvalue weighted by molar-refractivity contribution is 6.30. The number of aliphatic carboxylic acids is 1. The summed E-state index contributed by atoms with van der Waals surface area (Å²) in [4.78, 5) is 23.3. The van der Waals surface area contributed by atoms with Gasteiger partial charge in [-0.15, -0.1) is 0 Å². The molecule has 1 amide bonds. The molecule has 1 aromatic carbocycles. The van der Waals surface area contributed by atoms with Gasteiger partial charge in [-0.1, -0.05) is 24.6 Å². The van der Waals surface area contributed by atoms with Crippen LogP contribution in [0.4, 0.5) is 5.69 Å². The van der Waals surface area contributed by atoms with E-state index in [1.54, 1.807) is 24.3 Å². The predicted octanol–water partition coefficient (Wildman–Crippen LogP) is 3.03. The number of carbonyl (C=O) groups is 2. The van der Waals surface area contributed by atoms with Crippen molar-refractivity contribution in [2.24, 2.45) is 17.8 Å². The van der Waals surface area contributed by atoms with Gasteiger partial charge in [0.25, 0.3) is 0 Å². The lowest BCUT2D eigenvalue weighted by Crippen LogP contribution is -2.29. The standard InChI is InChI=1S/C14H16ClNO3/c1-8-5-11(12(6-8)14(18)19)13(17)16-10-4-2-3-9(15)7-10/h2-4,7-8,11-12H,5-6H2,1H3,(H,16,17)(H,18,19)/t8?,11-,12+/m0/s1. The first-order valence-electron chi connectivity index (χ1n) is 6.26. The first-order valence-corrected chi connectivity index (χ1v) is 6.64. The van der Waals surface area contributed by atoms with E-state index in [9.17, 15) is 9.59 Å². The van der Waals surface area contributed by atoms with Gasteiger partial charge in [0.1, 0.15) is 0 Å². The molecule has 1 unspecified atom stereocenters. The van der Waals surface area contributed by atoms with Crippen LogP contribution in [0.2, 0.25) is 5.02 Å². The normalized spacial score (nSPS) is 26.1. The molecule has 0 aromatic heterocycles. The quantitative estimate of drug-likeness (QED) is 0.895. The van der Waals surface area contributed by atoms with E-state index in [-0.39, 0.29) is 11.8 Å². The number of nitrogens with one attached hydrogen (secondary N) is 1. The molecule has 0 heterocycles. The number of halogens is 1. The Kier molecular flexibility index (Phi) is 4.10. The van der Waals surface area contributed by atoms with Crippen molar-refractivity contribution in [2.45, 2.75) is 19.8 Å². The Morgan fingerprint density at radius 2 is 2.00 bits per heavy atom. The molecule has 5 heteroatoms. The van der Waals surface area contributed by atoms with Crippen LogP contribution >= 0.6 is 11.6 Å². The summed E-state index contributed by atoms with van der Waals surface area (Å²) in [5, 5.41) is 12.4. The SMILES string of the molecule is CC1C[C@H](C(=O)Nc2cccc(Cl)c2)[C@H](C(=O)O)C1. The minimum Gasteiger partial charge on any atom is -0.481 e. The van der Waals surface area contributed by atoms with Crippen molar-refractivity contribution in [1.29, 1.82) is 0 Å². The zero-order chi connectivity index (χ0) is 14.0. The lowest BCUT2D eigenvalue weighted by Gasteiger charge is -2.15. The van der Waals surface area contributed by atoms with Crippen molar-refractivity contribution in [2.75, 3.05) is 5.32 Å². The van der Waals surface area contributed by atoms with Crippen molar-refractivity contribution in [3.63, 3.8) is 0 Å². The highest BCUT2D eigenvalue weighted by atomic mass is 35.5. The molecule has 2 rings (SSSR count). The summed E-state index contributed by atoms with van der Waals surface area (Å²) < 4.78 is 0. The van der Waals surface area contributed by atoms with E-state index in [0.29, 0.717) is 23.6 Å². The fraction of sp³-hybridized carbons (Fsp3) is 0.429. The maximum atomic E-state index is 12.2. The summed E-state index contributed by atoms with van der Waals surface area (Å²) in [7, 11) is 0. The average molecular weight is 282 g/mol. The zero-order valence-corrected chi connectivity index (χ0v) is 11.4. The highest BCUT2D eigenvalue weighted by Gasteiger charge is 2.41. The third-order valence-electron chi connectivity index (χ3n) is 3.54. The third-order valence-corrected chi connectivity index (χ3v) is 3.78. The van der Waals surface area contributed by atoms with Crippen molar-refractivity contribution >= 4 is 29.2 Å². The van der Waals surface area contributed by atoms with Gasteiger partial charge in [-0.2, -0.15) is 0 Å². The molecule has 1 aliphatic carbocycles. The molecule has 0 spiro atoms.